The maximum absolute atomic E-state index is 13.5. The molecule has 1 aromatic heterocycles. The lowest BCUT2D eigenvalue weighted by atomic mass is 9.99. The van der Waals surface area contributed by atoms with Gasteiger partial charge in [0.2, 0.25) is 0 Å². The van der Waals surface area contributed by atoms with Crippen LogP contribution in [0.4, 0.5) is 10.5 Å². The van der Waals surface area contributed by atoms with Crippen LogP contribution in [0.15, 0.2) is 39.9 Å². The maximum atomic E-state index is 13.5. The fraction of sp³-hybridized carbons (Fsp3) is 0.500. The third-order valence-corrected chi connectivity index (χ3v) is 8.67. The number of thiophene rings is 1. The van der Waals surface area contributed by atoms with Crippen molar-refractivity contribution in [1.29, 1.82) is 0 Å². The highest BCUT2D eigenvalue weighted by Crippen LogP contribution is 2.36. The van der Waals surface area contributed by atoms with Gasteiger partial charge in [0.15, 0.2) is 5.75 Å². The lowest BCUT2D eigenvalue weighted by molar-refractivity contribution is 0.0369. The molecule has 0 fully saturated rings. The van der Waals surface area contributed by atoms with Gasteiger partial charge in [0.25, 0.3) is 15.9 Å². The summed E-state index contributed by atoms with van der Waals surface area (Å²) in [5.41, 5.74) is 0.298. The van der Waals surface area contributed by atoms with Gasteiger partial charge < -0.3 is 25.0 Å². The molecule has 10 nitrogen and oxygen atoms in total. The van der Waals surface area contributed by atoms with Crippen molar-refractivity contribution < 1.29 is 27.9 Å². The fourth-order valence-corrected chi connectivity index (χ4v) is 5.92. The number of hydrogen-bond acceptors (Lipinski definition) is 7. The Morgan fingerprint density at radius 1 is 1.28 bits per heavy atom. The predicted octanol–water partition coefficient (Wildman–Crippen LogP) is 2.82. The summed E-state index contributed by atoms with van der Waals surface area (Å²) in [7, 11) is -2.26. The molecule has 2 heterocycles. The summed E-state index contributed by atoms with van der Waals surface area (Å²) in [6, 6.07) is 7.02. The Balaban J connectivity index is 2.04. The largest absolute Gasteiger partial charge is 0.485 e. The summed E-state index contributed by atoms with van der Waals surface area (Å²) in [4.78, 5) is 29.1. The van der Waals surface area contributed by atoms with Crippen LogP contribution < -0.4 is 14.8 Å². The van der Waals surface area contributed by atoms with E-state index in [0.717, 1.165) is 11.3 Å². The standard InChI is InChI=1S/C24H34N4O6S2/c1-15(2)25-24(31)27(5)13-20-16(3)12-28(17(4)14-29)23(30)18-8-6-9-19(22(18)34-20)26-36(32,33)21-10-7-11-35-21/h6-11,15-17,20,26,29H,12-14H2,1-5H3,(H,25,31)/t16-,17-,20+/m0/s1. The highest BCUT2D eigenvalue weighted by molar-refractivity contribution is 7.94. The second-order valence-electron chi connectivity index (χ2n) is 9.33. The van der Waals surface area contributed by atoms with E-state index in [4.69, 9.17) is 4.74 Å². The minimum absolute atomic E-state index is 0.0480. The smallest absolute Gasteiger partial charge is 0.317 e. The van der Waals surface area contributed by atoms with E-state index < -0.39 is 22.2 Å². The highest BCUT2D eigenvalue weighted by atomic mass is 32.2. The molecule has 0 saturated heterocycles. The number of carbonyl (C=O) groups excluding carboxylic acids is 2. The topological polar surface area (TPSA) is 128 Å². The Kier molecular flexibility index (Phi) is 8.85. The van der Waals surface area contributed by atoms with Gasteiger partial charge in [-0.2, -0.15) is 0 Å². The number of carbonyl (C=O) groups is 2. The Morgan fingerprint density at radius 2 is 2.00 bits per heavy atom. The molecule has 0 unspecified atom stereocenters. The number of benzene rings is 1. The Hall–Kier alpha value is -2.83. The molecule has 3 atom stereocenters. The van der Waals surface area contributed by atoms with Crippen molar-refractivity contribution in [2.24, 2.45) is 5.92 Å². The van der Waals surface area contributed by atoms with E-state index in [1.807, 2.05) is 20.8 Å². The van der Waals surface area contributed by atoms with Crippen LogP contribution >= 0.6 is 11.3 Å². The number of nitrogens with zero attached hydrogens (tertiary/aromatic N) is 2. The predicted molar refractivity (Wildman–Crippen MR) is 139 cm³/mol. The monoisotopic (exact) mass is 538 g/mol. The molecule has 1 aliphatic rings. The van der Waals surface area contributed by atoms with Gasteiger partial charge in [-0.1, -0.05) is 19.1 Å². The zero-order valence-electron chi connectivity index (χ0n) is 21.1. The first-order valence-electron chi connectivity index (χ1n) is 11.7. The minimum Gasteiger partial charge on any atom is -0.485 e. The van der Waals surface area contributed by atoms with Gasteiger partial charge in [-0.15, -0.1) is 11.3 Å². The highest BCUT2D eigenvalue weighted by Gasteiger charge is 2.35. The third kappa shape index (κ3) is 6.29. The summed E-state index contributed by atoms with van der Waals surface area (Å²) in [6.07, 6.45) is -0.569. The van der Waals surface area contributed by atoms with E-state index in [1.165, 1.54) is 17.0 Å². The van der Waals surface area contributed by atoms with Crippen LogP contribution in [0.5, 0.6) is 5.75 Å². The van der Waals surface area contributed by atoms with Crippen LogP contribution in [0.25, 0.3) is 0 Å². The summed E-state index contributed by atoms with van der Waals surface area (Å²) < 4.78 is 35.0. The van der Waals surface area contributed by atoms with E-state index in [0.29, 0.717) is 0 Å². The molecule has 0 radical (unpaired) electrons. The number of hydrogen-bond donors (Lipinski definition) is 3. The van der Waals surface area contributed by atoms with Crippen LogP contribution in [0, 0.1) is 5.92 Å². The second-order valence-corrected chi connectivity index (χ2v) is 12.2. The average molecular weight is 539 g/mol. The number of aliphatic hydroxyl groups is 1. The number of aliphatic hydroxyl groups excluding tert-OH is 1. The molecule has 1 aliphatic heterocycles. The number of likely N-dealkylation sites (N-methyl/N-ethyl adjacent to an activating group) is 1. The van der Waals surface area contributed by atoms with Crippen LogP contribution in [0.1, 0.15) is 38.1 Å². The summed E-state index contributed by atoms with van der Waals surface area (Å²) in [5.74, 6) is -0.528. The zero-order chi connectivity index (χ0) is 26.6. The van der Waals surface area contributed by atoms with E-state index in [1.54, 1.807) is 42.5 Å². The molecule has 36 heavy (non-hydrogen) atoms. The van der Waals surface area contributed by atoms with Gasteiger partial charge in [-0.25, -0.2) is 13.2 Å². The van der Waals surface area contributed by atoms with Crippen LogP contribution in [0.2, 0.25) is 0 Å². The number of nitrogens with one attached hydrogen (secondary N) is 2. The molecular weight excluding hydrogens is 504 g/mol. The quantitative estimate of drug-likeness (QED) is 0.474. The van der Waals surface area contributed by atoms with Gasteiger partial charge >= 0.3 is 6.03 Å². The van der Waals surface area contributed by atoms with E-state index in [9.17, 15) is 23.1 Å². The average Bonchev–Trinajstić information content (AvgIpc) is 3.36. The number of anilines is 1. The molecule has 3 N–H and O–H groups in total. The molecule has 3 amide bonds. The minimum atomic E-state index is -3.91. The van der Waals surface area contributed by atoms with Crippen molar-refractivity contribution in [3.63, 3.8) is 0 Å². The molecule has 0 bridgehead atoms. The molecule has 0 aliphatic carbocycles. The van der Waals surface area contributed by atoms with Crippen LogP contribution in [0.3, 0.4) is 0 Å². The number of urea groups is 1. The van der Waals surface area contributed by atoms with Crippen molar-refractivity contribution in [3.8, 4) is 5.75 Å². The molecule has 198 valence electrons. The van der Waals surface area contributed by atoms with E-state index in [-0.39, 0.29) is 64.8 Å². The Morgan fingerprint density at radius 3 is 2.61 bits per heavy atom. The first-order valence-corrected chi connectivity index (χ1v) is 14.1. The first-order chi connectivity index (χ1) is 16.9. The SMILES string of the molecule is CC(C)NC(=O)N(C)C[C@H]1Oc2c(NS(=O)(=O)c3cccs3)cccc2C(=O)N([C@@H](C)CO)C[C@@H]1C. The normalized spacial score (nSPS) is 19.1. The fourth-order valence-electron chi connectivity index (χ4n) is 3.86. The van der Waals surface area contributed by atoms with Gasteiger partial charge in [0.05, 0.1) is 30.4 Å². The number of amides is 3. The number of rotatable bonds is 8. The van der Waals surface area contributed by atoms with Gasteiger partial charge in [0.1, 0.15) is 10.3 Å². The molecule has 2 aromatic rings. The van der Waals surface area contributed by atoms with Crippen molar-refractivity contribution in [1.82, 2.24) is 15.1 Å². The van der Waals surface area contributed by atoms with Crippen LogP contribution in [-0.2, 0) is 10.0 Å². The zero-order valence-corrected chi connectivity index (χ0v) is 22.7. The third-order valence-electron chi connectivity index (χ3n) is 5.91. The van der Waals surface area contributed by atoms with Gasteiger partial charge in [0, 0.05) is 25.6 Å². The molecule has 1 aromatic carbocycles. The number of fused-ring (bicyclic) bond motifs is 1. The molecule has 12 heteroatoms. The van der Waals surface area contributed by atoms with E-state index in [2.05, 4.69) is 10.0 Å². The Labute approximate surface area is 216 Å². The number of sulfonamides is 1. The Bertz CT molecular complexity index is 1170. The lowest BCUT2D eigenvalue weighted by Gasteiger charge is -2.38. The molecule has 0 spiro atoms. The second kappa shape index (κ2) is 11.5. The van der Waals surface area contributed by atoms with Gasteiger partial charge in [-0.05, 0) is 44.4 Å². The van der Waals surface area contributed by atoms with Gasteiger partial charge in [-0.3, -0.25) is 9.52 Å². The van der Waals surface area contributed by atoms with Crippen molar-refractivity contribution >= 4 is 39.0 Å². The molecular formula is C24H34N4O6S2. The van der Waals surface area contributed by atoms with Crippen molar-refractivity contribution in [2.75, 3.05) is 31.5 Å². The molecule has 0 saturated carbocycles. The first kappa shape index (κ1) is 27.8. The van der Waals surface area contributed by atoms with E-state index >= 15 is 0 Å². The number of para-hydroxylation sites is 1. The van der Waals surface area contributed by atoms with Crippen molar-refractivity contribution in [3.05, 3.63) is 41.3 Å². The summed E-state index contributed by atoms with van der Waals surface area (Å²) in [6.45, 7) is 7.61. The number of ether oxygens (including phenoxy) is 1. The maximum Gasteiger partial charge on any atom is 0.317 e. The summed E-state index contributed by atoms with van der Waals surface area (Å²) >= 11 is 1.07. The van der Waals surface area contributed by atoms with Crippen LogP contribution in [-0.4, -0.2) is 80.2 Å². The summed E-state index contributed by atoms with van der Waals surface area (Å²) in [5, 5.41) is 14.3. The lowest BCUT2D eigenvalue weighted by Crippen LogP contribution is -2.51. The molecule has 3 rings (SSSR count). The van der Waals surface area contributed by atoms with Crippen molar-refractivity contribution in [2.45, 2.75) is 50.1 Å².